The molecule has 0 unspecified atom stereocenters. The summed E-state index contributed by atoms with van der Waals surface area (Å²) in [7, 11) is 0. The summed E-state index contributed by atoms with van der Waals surface area (Å²) in [4.78, 5) is 0. The standard InChI is InChI=1S/C12H10I.V/c1-3-7-11(8-4-1)13-12-9-5-2-6-10-12;/h1-10H;/q+1;/i1D;. The number of hydrogen-bond acceptors (Lipinski definition) is 0. The fourth-order valence-electron chi connectivity index (χ4n) is 1.03. The van der Waals surface area contributed by atoms with Gasteiger partial charge in [-0.15, -0.1) is 0 Å². The molecule has 0 bridgehead atoms. The van der Waals surface area contributed by atoms with E-state index in [1.54, 1.807) is 0 Å². The summed E-state index contributed by atoms with van der Waals surface area (Å²) < 4.78 is 10.2. The SMILES string of the molecule is [2H]c1ccc([I+]c2ccccc2)cc1.[V]. The molecule has 0 aliphatic carbocycles. The third-order valence-electron chi connectivity index (χ3n) is 1.63. The summed E-state index contributed by atoms with van der Waals surface area (Å²) in [6.07, 6.45) is 0. The Morgan fingerprint density at radius 3 is 1.86 bits per heavy atom. The number of rotatable bonds is 2. The molecular formula is C12H10IV+. The van der Waals surface area contributed by atoms with Crippen LogP contribution in [0.15, 0.2) is 60.6 Å². The Morgan fingerprint density at radius 2 is 1.29 bits per heavy atom. The first-order valence-corrected chi connectivity index (χ1v) is 6.27. The van der Waals surface area contributed by atoms with Crippen LogP contribution < -0.4 is 21.2 Å². The maximum absolute atomic E-state index is 7.38. The van der Waals surface area contributed by atoms with Crippen LogP contribution in [0.3, 0.4) is 0 Å². The van der Waals surface area contributed by atoms with E-state index in [0.29, 0.717) is 6.04 Å². The number of hydrogen-bond donors (Lipinski definition) is 0. The van der Waals surface area contributed by atoms with Crippen molar-refractivity contribution in [1.29, 1.82) is 0 Å². The Balaban J connectivity index is 0.00000112. The van der Waals surface area contributed by atoms with Crippen LogP contribution in [0.2, 0.25) is 0 Å². The van der Waals surface area contributed by atoms with Crippen molar-refractivity contribution < 1.29 is 41.1 Å². The second-order valence-corrected chi connectivity index (χ2v) is 5.64. The molecule has 69 valence electrons. The van der Waals surface area contributed by atoms with Gasteiger partial charge in [0.1, 0.15) is 0 Å². The molecule has 0 saturated heterocycles. The van der Waals surface area contributed by atoms with Crippen molar-refractivity contribution in [3.63, 3.8) is 0 Å². The van der Waals surface area contributed by atoms with Crippen molar-refractivity contribution in [2.75, 3.05) is 0 Å². The van der Waals surface area contributed by atoms with Crippen molar-refractivity contribution in [2.24, 2.45) is 0 Å². The van der Waals surface area contributed by atoms with Gasteiger partial charge in [0.05, 0.1) is 1.37 Å². The zero-order chi connectivity index (χ0) is 9.80. The summed E-state index contributed by atoms with van der Waals surface area (Å²) >= 11 is -0.0674. The van der Waals surface area contributed by atoms with Gasteiger partial charge in [-0.1, -0.05) is 36.4 Å². The Morgan fingerprint density at radius 1 is 0.786 bits per heavy atom. The second-order valence-electron chi connectivity index (χ2n) is 2.61. The third kappa shape index (κ3) is 3.48. The fourth-order valence-corrected chi connectivity index (χ4v) is 3.25. The first kappa shape index (κ1) is 10.3. The van der Waals surface area contributed by atoms with Crippen LogP contribution in [0, 0.1) is 7.14 Å². The van der Waals surface area contributed by atoms with E-state index < -0.39 is 0 Å². The van der Waals surface area contributed by atoms with Crippen LogP contribution in [-0.2, 0) is 18.6 Å². The average Bonchev–Trinajstić information content (AvgIpc) is 2.23. The summed E-state index contributed by atoms with van der Waals surface area (Å²) in [5, 5.41) is 0. The smallest absolute Gasteiger partial charge is 0.0619 e. The molecule has 2 aromatic carbocycles. The molecule has 0 aliphatic rings. The fraction of sp³-hybridized carbons (Fsp3) is 0. The maximum atomic E-state index is 7.38. The van der Waals surface area contributed by atoms with Crippen molar-refractivity contribution >= 4 is 0 Å². The molecular weight excluding hydrogens is 322 g/mol. The molecule has 2 heteroatoms. The van der Waals surface area contributed by atoms with E-state index in [-0.39, 0.29) is 39.8 Å². The van der Waals surface area contributed by atoms with Gasteiger partial charge >= 0.3 is 21.2 Å². The van der Waals surface area contributed by atoms with E-state index in [1.807, 2.05) is 18.2 Å². The summed E-state index contributed by atoms with van der Waals surface area (Å²) in [6.45, 7) is 0. The first-order chi connectivity index (χ1) is 6.84. The van der Waals surface area contributed by atoms with Gasteiger partial charge in [0.15, 0.2) is 7.14 Å². The molecule has 0 nitrogen and oxygen atoms in total. The van der Waals surface area contributed by atoms with Gasteiger partial charge in [-0.3, -0.25) is 0 Å². The van der Waals surface area contributed by atoms with E-state index in [1.165, 1.54) is 7.14 Å². The van der Waals surface area contributed by atoms with Gasteiger partial charge in [-0.05, 0) is 24.3 Å². The van der Waals surface area contributed by atoms with Crippen LogP contribution in [0.4, 0.5) is 0 Å². The molecule has 2 rings (SSSR count). The topological polar surface area (TPSA) is 0 Å². The zero-order valence-electron chi connectivity index (χ0n) is 8.52. The maximum Gasteiger partial charge on any atom is 0.357 e. The number of halogens is 1. The van der Waals surface area contributed by atoms with Gasteiger partial charge < -0.3 is 0 Å². The van der Waals surface area contributed by atoms with E-state index >= 15 is 0 Å². The predicted molar refractivity (Wildman–Crippen MR) is 50.3 cm³/mol. The minimum Gasteiger partial charge on any atom is -0.0619 e. The number of benzene rings is 2. The minimum atomic E-state index is -0.0674. The van der Waals surface area contributed by atoms with E-state index in [0.717, 1.165) is 0 Å². The molecule has 0 aromatic heterocycles. The average molecular weight is 333 g/mol. The van der Waals surface area contributed by atoms with Crippen LogP contribution >= 0.6 is 0 Å². The van der Waals surface area contributed by atoms with Gasteiger partial charge in [0.25, 0.3) is 0 Å². The Labute approximate surface area is 108 Å². The molecule has 1 radical (unpaired) electrons. The molecule has 0 spiro atoms. The van der Waals surface area contributed by atoms with Crippen LogP contribution in [-0.4, -0.2) is 0 Å². The summed E-state index contributed by atoms with van der Waals surface area (Å²) in [6, 6.07) is 19.0. The Kier molecular flexibility index (Phi) is 4.61. The van der Waals surface area contributed by atoms with Crippen LogP contribution in [0.1, 0.15) is 1.37 Å². The molecule has 2 aromatic rings. The molecule has 0 fully saturated rings. The van der Waals surface area contributed by atoms with Gasteiger partial charge in [-0.25, -0.2) is 0 Å². The summed E-state index contributed by atoms with van der Waals surface area (Å²) in [5.74, 6) is 0. The molecule has 0 N–H and O–H groups in total. The van der Waals surface area contributed by atoms with Crippen molar-refractivity contribution in [3.8, 4) is 0 Å². The van der Waals surface area contributed by atoms with Crippen LogP contribution in [0.25, 0.3) is 0 Å². The van der Waals surface area contributed by atoms with Gasteiger partial charge in [0, 0.05) is 18.6 Å². The largest absolute Gasteiger partial charge is 0.357 e. The molecule has 0 amide bonds. The Hall–Kier alpha value is -0.246. The quantitative estimate of drug-likeness (QED) is 0.669. The second kappa shape index (κ2) is 6.28. The minimum absolute atomic E-state index is 0. The molecule has 14 heavy (non-hydrogen) atoms. The molecule has 0 atom stereocenters. The zero-order valence-corrected chi connectivity index (χ0v) is 11.1. The molecule has 0 saturated carbocycles. The van der Waals surface area contributed by atoms with Gasteiger partial charge in [0.2, 0.25) is 0 Å². The predicted octanol–water partition coefficient (Wildman–Crippen LogP) is -0.188. The van der Waals surface area contributed by atoms with Gasteiger partial charge in [-0.2, -0.15) is 0 Å². The Bertz CT molecular complexity index is 400. The van der Waals surface area contributed by atoms with E-state index in [9.17, 15) is 0 Å². The molecule has 0 heterocycles. The van der Waals surface area contributed by atoms with Crippen molar-refractivity contribution in [3.05, 3.63) is 67.8 Å². The monoisotopic (exact) mass is 333 g/mol. The van der Waals surface area contributed by atoms with Crippen molar-refractivity contribution in [1.82, 2.24) is 0 Å². The normalized spacial score (nSPS) is 10.1. The van der Waals surface area contributed by atoms with Crippen LogP contribution in [0.5, 0.6) is 0 Å². The van der Waals surface area contributed by atoms with E-state index in [4.69, 9.17) is 1.37 Å². The molecule has 0 aliphatic heterocycles. The van der Waals surface area contributed by atoms with Crippen molar-refractivity contribution in [2.45, 2.75) is 0 Å². The first-order valence-electron chi connectivity index (χ1n) is 4.61. The van der Waals surface area contributed by atoms with E-state index in [2.05, 4.69) is 36.4 Å². The summed E-state index contributed by atoms with van der Waals surface area (Å²) in [5.41, 5.74) is 0. The third-order valence-corrected chi connectivity index (χ3v) is 4.31.